The molecule has 1 aromatic heterocycles. The highest BCUT2D eigenvalue weighted by Gasteiger charge is 2.18. The highest BCUT2D eigenvalue weighted by molar-refractivity contribution is 5.87. The predicted octanol–water partition coefficient (Wildman–Crippen LogP) is 1.94. The van der Waals surface area contributed by atoms with E-state index in [9.17, 15) is 9.18 Å². The number of hydrogen-bond donors (Lipinski definition) is 2. The van der Waals surface area contributed by atoms with Gasteiger partial charge in [0.2, 0.25) is 0 Å². The highest BCUT2D eigenvalue weighted by Crippen LogP contribution is 2.20. The molecule has 2 N–H and O–H groups in total. The van der Waals surface area contributed by atoms with E-state index in [1.165, 1.54) is 16.9 Å². The average Bonchev–Trinajstić information content (AvgIpc) is 2.80. The van der Waals surface area contributed by atoms with Crippen molar-refractivity contribution in [1.29, 1.82) is 0 Å². The zero-order valence-corrected chi connectivity index (χ0v) is 11.0. The first-order valence-electron chi connectivity index (χ1n) is 6.22. The van der Waals surface area contributed by atoms with Crippen molar-refractivity contribution < 1.29 is 19.4 Å². The van der Waals surface area contributed by atoms with E-state index in [1.807, 2.05) is 0 Å². The first kappa shape index (κ1) is 14.2. The van der Waals surface area contributed by atoms with Crippen molar-refractivity contribution in [2.75, 3.05) is 6.61 Å². The summed E-state index contributed by atoms with van der Waals surface area (Å²) in [5.74, 6) is -1.62. The fourth-order valence-electron chi connectivity index (χ4n) is 2.07. The third kappa shape index (κ3) is 2.70. The lowest BCUT2D eigenvalue weighted by atomic mass is 10.1. The summed E-state index contributed by atoms with van der Waals surface area (Å²) in [6.45, 7) is 1.69. The molecule has 0 amide bonds. The van der Waals surface area contributed by atoms with Crippen molar-refractivity contribution in [2.45, 2.75) is 19.8 Å². The van der Waals surface area contributed by atoms with Gasteiger partial charge in [-0.05, 0) is 31.4 Å². The molecule has 0 spiro atoms. The Kier molecular flexibility index (Phi) is 4.14. The van der Waals surface area contributed by atoms with Gasteiger partial charge in [0, 0.05) is 18.4 Å². The summed E-state index contributed by atoms with van der Waals surface area (Å²) in [5.41, 5.74) is 1.28. The lowest BCUT2D eigenvalue weighted by Crippen LogP contribution is -2.05. The van der Waals surface area contributed by atoms with Gasteiger partial charge in [-0.25, -0.2) is 13.9 Å². The van der Waals surface area contributed by atoms with Crippen LogP contribution in [0.5, 0.6) is 0 Å². The average molecular weight is 278 g/mol. The smallest absolute Gasteiger partial charge is 0.356 e. The number of carbonyl (C=O) groups is 1. The van der Waals surface area contributed by atoms with Crippen LogP contribution in [-0.4, -0.2) is 32.6 Å². The second kappa shape index (κ2) is 5.83. The van der Waals surface area contributed by atoms with E-state index in [2.05, 4.69) is 5.10 Å². The number of para-hydroxylation sites is 1. The van der Waals surface area contributed by atoms with Gasteiger partial charge in [0.25, 0.3) is 0 Å². The van der Waals surface area contributed by atoms with Crippen LogP contribution in [0.15, 0.2) is 24.4 Å². The zero-order valence-electron chi connectivity index (χ0n) is 11.0. The SMILES string of the molecule is Cc1cccc(F)c1-n1cc(CCCO)c(C(=O)O)n1. The summed E-state index contributed by atoms with van der Waals surface area (Å²) in [7, 11) is 0. The molecule has 106 valence electrons. The lowest BCUT2D eigenvalue weighted by molar-refractivity contribution is 0.0688. The van der Waals surface area contributed by atoms with Gasteiger partial charge in [-0.2, -0.15) is 5.10 Å². The summed E-state index contributed by atoms with van der Waals surface area (Å²) in [5, 5.41) is 21.9. The lowest BCUT2D eigenvalue weighted by Gasteiger charge is -2.06. The molecule has 0 radical (unpaired) electrons. The topological polar surface area (TPSA) is 75.4 Å². The number of carboxylic acids is 1. The second-order valence-corrected chi connectivity index (χ2v) is 4.49. The Morgan fingerprint density at radius 1 is 1.45 bits per heavy atom. The van der Waals surface area contributed by atoms with Gasteiger partial charge in [-0.1, -0.05) is 12.1 Å². The van der Waals surface area contributed by atoms with Crippen LogP contribution < -0.4 is 0 Å². The Labute approximate surface area is 115 Å². The van der Waals surface area contributed by atoms with Crippen molar-refractivity contribution in [1.82, 2.24) is 9.78 Å². The highest BCUT2D eigenvalue weighted by atomic mass is 19.1. The van der Waals surface area contributed by atoms with Crippen LogP contribution in [0.25, 0.3) is 5.69 Å². The van der Waals surface area contributed by atoms with E-state index >= 15 is 0 Å². The summed E-state index contributed by atoms with van der Waals surface area (Å²) >= 11 is 0. The number of aromatic nitrogens is 2. The van der Waals surface area contributed by atoms with Gasteiger partial charge >= 0.3 is 5.97 Å². The Balaban J connectivity index is 2.50. The molecule has 2 aromatic rings. The van der Waals surface area contributed by atoms with E-state index in [0.29, 0.717) is 24.0 Å². The molecule has 0 saturated heterocycles. The van der Waals surface area contributed by atoms with E-state index < -0.39 is 11.8 Å². The van der Waals surface area contributed by atoms with Gasteiger partial charge in [0.15, 0.2) is 5.69 Å². The Morgan fingerprint density at radius 2 is 2.20 bits per heavy atom. The number of carboxylic acid groups (broad SMARTS) is 1. The van der Waals surface area contributed by atoms with Crippen molar-refractivity contribution in [2.24, 2.45) is 0 Å². The molecule has 0 fully saturated rings. The quantitative estimate of drug-likeness (QED) is 0.876. The minimum Gasteiger partial charge on any atom is -0.476 e. The van der Waals surface area contributed by atoms with Crippen LogP contribution in [0.4, 0.5) is 4.39 Å². The van der Waals surface area contributed by atoms with E-state index in [1.54, 1.807) is 19.1 Å². The normalized spacial score (nSPS) is 10.8. The number of rotatable bonds is 5. The Morgan fingerprint density at radius 3 is 2.80 bits per heavy atom. The number of aliphatic hydroxyl groups is 1. The number of aromatic carboxylic acids is 1. The van der Waals surface area contributed by atoms with Crippen molar-refractivity contribution >= 4 is 5.97 Å². The molecule has 2 rings (SSSR count). The number of nitrogens with zero attached hydrogens (tertiary/aromatic N) is 2. The molecule has 0 aliphatic carbocycles. The van der Waals surface area contributed by atoms with Gasteiger partial charge in [0.05, 0.1) is 0 Å². The molecule has 1 heterocycles. The third-order valence-corrected chi connectivity index (χ3v) is 3.01. The second-order valence-electron chi connectivity index (χ2n) is 4.49. The number of aryl methyl sites for hydroxylation is 2. The van der Waals surface area contributed by atoms with Gasteiger partial charge in [-0.3, -0.25) is 0 Å². The van der Waals surface area contributed by atoms with Crippen LogP contribution in [0.3, 0.4) is 0 Å². The van der Waals surface area contributed by atoms with Crippen LogP contribution in [-0.2, 0) is 6.42 Å². The van der Waals surface area contributed by atoms with Gasteiger partial charge in [0.1, 0.15) is 11.5 Å². The van der Waals surface area contributed by atoms with Crippen molar-refractivity contribution in [3.05, 3.63) is 47.0 Å². The minimum atomic E-state index is -1.16. The fourth-order valence-corrected chi connectivity index (χ4v) is 2.07. The standard InChI is InChI=1S/C14H15FN2O3/c1-9-4-2-6-11(15)13(9)17-8-10(5-3-7-18)12(16-17)14(19)20/h2,4,6,8,18H,3,5,7H2,1H3,(H,19,20). The Bertz CT molecular complexity index is 617. The molecule has 6 heteroatoms. The maximum Gasteiger partial charge on any atom is 0.356 e. The fraction of sp³-hybridized carbons (Fsp3) is 0.286. The van der Waals surface area contributed by atoms with Gasteiger partial charge < -0.3 is 10.2 Å². The van der Waals surface area contributed by atoms with Crippen LogP contribution in [0.1, 0.15) is 28.0 Å². The van der Waals surface area contributed by atoms with Crippen molar-refractivity contribution in [3.63, 3.8) is 0 Å². The molecule has 0 aliphatic rings. The molecular formula is C14H15FN2O3. The first-order valence-corrected chi connectivity index (χ1v) is 6.22. The molecule has 5 nitrogen and oxygen atoms in total. The third-order valence-electron chi connectivity index (χ3n) is 3.01. The maximum absolute atomic E-state index is 13.9. The summed E-state index contributed by atoms with van der Waals surface area (Å²) in [4.78, 5) is 11.2. The number of benzene rings is 1. The first-order chi connectivity index (χ1) is 9.54. The van der Waals surface area contributed by atoms with Crippen LogP contribution in [0, 0.1) is 12.7 Å². The van der Waals surface area contributed by atoms with E-state index in [0.717, 1.165) is 0 Å². The van der Waals surface area contributed by atoms with Crippen LogP contribution in [0.2, 0.25) is 0 Å². The molecule has 0 unspecified atom stereocenters. The van der Waals surface area contributed by atoms with Crippen LogP contribution >= 0.6 is 0 Å². The molecule has 0 atom stereocenters. The predicted molar refractivity (Wildman–Crippen MR) is 70.6 cm³/mol. The Hall–Kier alpha value is -2.21. The molecular weight excluding hydrogens is 263 g/mol. The largest absolute Gasteiger partial charge is 0.476 e. The molecule has 20 heavy (non-hydrogen) atoms. The maximum atomic E-state index is 13.9. The molecule has 1 aromatic carbocycles. The zero-order chi connectivity index (χ0) is 14.7. The molecule has 0 saturated carbocycles. The number of hydrogen-bond acceptors (Lipinski definition) is 3. The minimum absolute atomic E-state index is 0.0387. The molecule has 0 aliphatic heterocycles. The van der Waals surface area contributed by atoms with Gasteiger partial charge in [-0.15, -0.1) is 0 Å². The monoisotopic (exact) mass is 278 g/mol. The van der Waals surface area contributed by atoms with Crippen molar-refractivity contribution in [3.8, 4) is 5.69 Å². The van der Waals surface area contributed by atoms with E-state index in [4.69, 9.17) is 10.2 Å². The summed E-state index contributed by atoms with van der Waals surface area (Å²) < 4.78 is 15.1. The summed E-state index contributed by atoms with van der Waals surface area (Å²) in [6.07, 6.45) is 2.32. The number of aliphatic hydroxyl groups excluding tert-OH is 1. The molecule has 0 bridgehead atoms. The van der Waals surface area contributed by atoms with E-state index in [-0.39, 0.29) is 18.0 Å². The summed E-state index contributed by atoms with van der Waals surface area (Å²) in [6, 6.07) is 4.62. The number of halogens is 1.